The number of nitrogens with zero attached hydrogens (tertiary/aromatic N) is 1. The summed E-state index contributed by atoms with van der Waals surface area (Å²) in [6.07, 6.45) is -2.61. The first-order valence-electron chi connectivity index (χ1n) is 3.73. The Hall–Kier alpha value is -0.0700. The molecule has 1 aromatic rings. The Kier molecular flexibility index (Phi) is 4.40. The minimum Gasteiger partial charge on any atom is -0.392 e. The Morgan fingerprint density at radius 1 is 1.43 bits per heavy atom. The van der Waals surface area contributed by atoms with E-state index in [-0.39, 0.29) is 16.9 Å². The monoisotopic (exact) mass is 329 g/mol. The third-order valence-corrected chi connectivity index (χ3v) is 2.97. The van der Waals surface area contributed by atoms with E-state index in [1.54, 1.807) is 0 Å². The van der Waals surface area contributed by atoms with Crippen LogP contribution in [0.15, 0.2) is 10.7 Å². The van der Waals surface area contributed by atoms with Gasteiger partial charge in [0.2, 0.25) is 0 Å². The highest BCUT2D eigenvalue weighted by Crippen LogP contribution is 2.27. The lowest BCUT2D eigenvalue weighted by Gasteiger charge is -2.08. The van der Waals surface area contributed by atoms with Crippen molar-refractivity contribution in [1.82, 2.24) is 4.98 Å². The number of hydrogen-bond acceptors (Lipinski definition) is 2. The van der Waals surface area contributed by atoms with Crippen molar-refractivity contribution in [1.29, 1.82) is 0 Å². The molecule has 14 heavy (non-hydrogen) atoms. The number of alkyl halides is 3. The second kappa shape index (κ2) is 5.14. The molecule has 0 saturated carbocycles. The molecule has 78 valence electrons. The highest BCUT2D eigenvalue weighted by Gasteiger charge is 2.16. The molecule has 1 heterocycles. The maximum absolute atomic E-state index is 12.5. The molecule has 0 aromatic carbocycles. The molecule has 0 unspecified atom stereocenters. The molecule has 1 rings (SSSR count). The van der Waals surface area contributed by atoms with Crippen LogP contribution in [0.5, 0.6) is 0 Å². The van der Waals surface area contributed by atoms with Gasteiger partial charge in [0, 0.05) is 10.9 Å². The normalized spacial score (nSPS) is 11.0. The summed E-state index contributed by atoms with van der Waals surface area (Å²) in [6, 6.07) is 1.51. The predicted octanol–water partition coefficient (Wildman–Crippen LogP) is 3.17. The van der Waals surface area contributed by atoms with Gasteiger partial charge in [-0.05, 0) is 27.6 Å². The van der Waals surface area contributed by atoms with Crippen LogP contribution in [0, 0.1) is 0 Å². The maximum atomic E-state index is 12.5. The zero-order chi connectivity index (χ0) is 10.7. The van der Waals surface area contributed by atoms with Crippen molar-refractivity contribution >= 4 is 31.9 Å². The number of pyridine rings is 1. The predicted molar refractivity (Wildman–Crippen MR) is 55.4 cm³/mol. The van der Waals surface area contributed by atoms with E-state index >= 15 is 0 Å². The molecule has 0 aliphatic rings. The number of rotatable bonds is 3. The van der Waals surface area contributed by atoms with Gasteiger partial charge in [0.15, 0.2) is 0 Å². The Balaban J connectivity index is 3.24. The minimum atomic E-state index is -2.61. The minimum absolute atomic E-state index is 0.225. The zero-order valence-corrected chi connectivity index (χ0v) is 10.1. The second-order valence-electron chi connectivity index (χ2n) is 2.58. The van der Waals surface area contributed by atoms with E-state index in [0.717, 1.165) is 0 Å². The third-order valence-electron chi connectivity index (χ3n) is 1.68. The molecule has 0 bridgehead atoms. The molecule has 0 spiro atoms. The molecule has 0 atom stereocenters. The molecule has 0 aliphatic carbocycles. The highest BCUT2D eigenvalue weighted by atomic mass is 79.9. The summed E-state index contributed by atoms with van der Waals surface area (Å²) in [5, 5.41) is 9.19. The van der Waals surface area contributed by atoms with Gasteiger partial charge in [0.25, 0.3) is 6.43 Å². The Morgan fingerprint density at radius 2 is 2.07 bits per heavy atom. The van der Waals surface area contributed by atoms with Crippen molar-refractivity contribution in [3.8, 4) is 0 Å². The van der Waals surface area contributed by atoms with Crippen LogP contribution in [0.3, 0.4) is 0 Å². The van der Waals surface area contributed by atoms with Crippen molar-refractivity contribution in [2.45, 2.75) is 18.4 Å². The molecule has 0 aliphatic heterocycles. The Morgan fingerprint density at radius 3 is 2.50 bits per heavy atom. The molecule has 6 heteroatoms. The number of hydrogen-bond donors (Lipinski definition) is 1. The first kappa shape index (κ1) is 12.0. The summed E-state index contributed by atoms with van der Waals surface area (Å²) in [4.78, 5) is 3.69. The zero-order valence-electron chi connectivity index (χ0n) is 6.98. The summed E-state index contributed by atoms with van der Waals surface area (Å²) >= 11 is 6.11. The van der Waals surface area contributed by atoms with Gasteiger partial charge >= 0.3 is 0 Å². The lowest BCUT2D eigenvalue weighted by atomic mass is 10.1. The van der Waals surface area contributed by atoms with Gasteiger partial charge in [-0.25, -0.2) is 13.8 Å². The molecule has 0 fully saturated rings. The standard InChI is InChI=1S/C8H7Br2F2NO/c9-2-4-1-5(3-14)7(10)13-6(4)8(11)12/h1,8,14H,2-3H2. The molecule has 1 aromatic heterocycles. The van der Waals surface area contributed by atoms with Crippen LogP contribution in [0.2, 0.25) is 0 Å². The number of aromatic nitrogens is 1. The number of aliphatic hydroxyl groups excluding tert-OH is 1. The van der Waals surface area contributed by atoms with Crippen molar-refractivity contribution in [2.75, 3.05) is 0 Å². The molecular formula is C8H7Br2F2NO. The quantitative estimate of drug-likeness (QED) is 0.682. The first-order valence-corrected chi connectivity index (χ1v) is 5.64. The van der Waals surface area contributed by atoms with Crippen molar-refractivity contribution in [3.05, 3.63) is 27.5 Å². The van der Waals surface area contributed by atoms with Gasteiger partial charge in [-0.1, -0.05) is 15.9 Å². The molecule has 0 radical (unpaired) electrons. The fraction of sp³-hybridized carbons (Fsp3) is 0.375. The highest BCUT2D eigenvalue weighted by molar-refractivity contribution is 9.10. The van der Waals surface area contributed by atoms with Crippen LogP contribution in [0.25, 0.3) is 0 Å². The number of aliphatic hydroxyl groups is 1. The fourth-order valence-corrected chi connectivity index (χ4v) is 1.88. The Bertz CT molecular complexity index is 333. The van der Waals surface area contributed by atoms with Gasteiger partial charge < -0.3 is 5.11 Å². The van der Waals surface area contributed by atoms with Crippen molar-refractivity contribution in [3.63, 3.8) is 0 Å². The summed E-state index contributed by atoms with van der Waals surface area (Å²) in [5.74, 6) is 0. The average molecular weight is 331 g/mol. The SMILES string of the molecule is OCc1cc(CBr)c(C(F)F)nc1Br. The third kappa shape index (κ3) is 2.49. The molecule has 0 amide bonds. The molecule has 1 N–H and O–H groups in total. The van der Waals surface area contributed by atoms with Gasteiger partial charge in [0.1, 0.15) is 10.3 Å². The van der Waals surface area contributed by atoms with Crippen LogP contribution in [-0.4, -0.2) is 10.1 Å². The summed E-state index contributed by atoms with van der Waals surface area (Å²) in [5.41, 5.74) is 0.641. The Labute approximate surface area is 96.6 Å². The lowest BCUT2D eigenvalue weighted by Crippen LogP contribution is -2.01. The van der Waals surface area contributed by atoms with Crippen LogP contribution >= 0.6 is 31.9 Å². The van der Waals surface area contributed by atoms with E-state index in [1.165, 1.54) is 6.07 Å². The van der Waals surface area contributed by atoms with E-state index < -0.39 is 6.43 Å². The molecule has 0 saturated heterocycles. The van der Waals surface area contributed by atoms with Crippen LogP contribution in [0.4, 0.5) is 8.78 Å². The van der Waals surface area contributed by atoms with Gasteiger partial charge in [-0.2, -0.15) is 0 Å². The lowest BCUT2D eigenvalue weighted by molar-refractivity contribution is 0.144. The van der Waals surface area contributed by atoms with E-state index in [9.17, 15) is 8.78 Å². The summed E-state index contributed by atoms with van der Waals surface area (Å²) in [7, 11) is 0. The summed E-state index contributed by atoms with van der Waals surface area (Å²) in [6.45, 7) is -0.225. The second-order valence-corrected chi connectivity index (χ2v) is 3.89. The first-order chi connectivity index (χ1) is 6.60. The molecule has 2 nitrogen and oxygen atoms in total. The van der Waals surface area contributed by atoms with Crippen molar-refractivity contribution in [2.24, 2.45) is 0 Å². The van der Waals surface area contributed by atoms with E-state index in [1.807, 2.05) is 0 Å². The topological polar surface area (TPSA) is 33.1 Å². The fourth-order valence-electron chi connectivity index (χ4n) is 1.00. The van der Waals surface area contributed by atoms with Crippen LogP contribution in [-0.2, 0) is 11.9 Å². The van der Waals surface area contributed by atoms with E-state index in [4.69, 9.17) is 5.11 Å². The largest absolute Gasteiger partial charge is 0.392 e. The maximum Gasteiger partial charge on any atom is 0.280 e. The number of halogens is 4. The van der Waals surface area contributed by atoms with E-state index in [2.05, 4.69) is 36.8 Å². The van der Waals surface area contributed by atoms with Gasteiger partial charge in [-0.3, -0.25) is 0 Å². The summed E-state index contributed by atoms with van der Waals surface area (Å²) < 4.78 is 25.2. The van der Waals surface area contributed by atoms with Crippen LogP contribution < -0.4 is 0 Å². The molecular weight excluding hydrogens is 324 g/mol. The van der Waals surface area contributed by atoms with Crippen LogP contribution in [0.1, 0.15) is 23.2 Å². The smallest absolute Gasteiger partial charge is 0.280 e. The van der Waals surface area contributed by atoms with Crippen molar-refractivity contribution < 1.29 is 13.9 Å². The van der Waals surface area contributed by atoms with E-state index in [0.29, 0.717) is 16.5 Å². The van der Waals surface area contributed by atoms with Gasteiger partial charge in [0.05, 0.1) is 6.61 Å². The van der Waals surface area contributed by atoms with Gasteiger partial charge in [-0.15, -0.1) is 0 Å². The average Bonchev–Trinajstić information content (AvgIpc) is 2.17.